The molecule has 0 aromatic carbocycles. The average Bonchev–Trinajstić information content (AvgIpc) is 1.27. The van der Waals surface area contributed by atoms with E-state index < -0.39 is 10.1 Å². The van der Waals surface area contributed by atoms with E-state index in [-0.39, 0.29) is 24.2 Å². The van der Waals surface area contributed by atoms with Crippen LogP contribution in [0.1, 0.15) is 0 Å². The van der Waals surface area contributed by atoms with Gasteiger partial charge in [0.25, 0.3) is 10.1 Å². The second-order valence-corrected chi connectivity index (χ2v) is 7.27. The molecule has 0 saturated heterocycles. The quantitative estimate of drug-likeness (QED) is 0.513. The summed E-state index contributed by atoms with van der Waals surface area (Å²) in [6.07, 6.45) is 0.715. The monoisotopic (exact) mass is 331 g/mol. The molecule has 0 aromatic heterocycles. The molecule has 0 atom stereocenters. The molecular weight excluding hydrogens is 320 g/mol. The predicted octanol–water partition coefficient (Wildman–Crippen LogP) is 0.291. The van der Waals surface area contributed by atoms with Crippen LogP contribution in [-0.2, 0) is 10.1 Å². The molecule has 0 spiro atoms. The Labute approximate surface area is 62.4 Å². The van der Waals surface area contributed by atoms with E-state index in [1.807, 2.05) is 0 Å². The Bertz CT molecular complexity index is 108. The summed E-state index contributed by atoms with van der Waals surface area (Å²) in [7, 11) is -3.67. The van der Waals surface area contributed by atoms with E-state index in [0.717, 1.165) is 0 Å². The van der Waals surface area contributed by atoms with E-state index in [1.54, 1.807) is 0 Å². The SMILES string of the molecule is CS(=O)(=O)O.[CH3][Tl][CH3]. The molecular formula is C3H10O3STl. The summed E-state index contributed by atoms with van der Waals surface area (Å²) < 4.78 is 30.5. The molecule has 0 bridgehead atoms. The van der Waals surface area contributed by atoms with E-state index in [1.165, 1.54) is 0 Å². The van der Waals surface area contributed by atoms with E-state index in [0.29, 0.717) is 6.26 Å². The molecule has 0 radical (unpaired) electrons. The Morgan fingerprint density at radius 3 is 1.38 bits per heavy atom. The molecule has 8 heavy (non-hydrogen) atoms. The number of hydrogen-bond acceptors (Lipinski definition) is 2. The van der Waals surface area contributed by atoms with Crippen molar-refractivity contribution in [1.29, 1.82) is 0 Å². The maximum atomic E-state index is 9.19. The van der Waals surface area contributed by atoms with Gasteiger partial charge in [-0.15, -0.1) is 0 Å². The molecule has 0 rings (SSSR count). The molecule has 0 aromatic rings. The van der Waals surface area contributed by atoms with Gasteiger partial charge in [0.1, 0.15) is 0 Å². The standard InChI is InChI=1S/CH4O3S.2CH3.Tl/c1-5(2,3)4;;;/h1H3,(H,2,3,4);2*1H3;. The summed E-state index contributed by atoms with van der Waals surface area (Å²) in [5.74, 6) is 0. The summed E-state index contributed by atoms with van der Waals surface area (Å²) in [6, 6.07) is 0. The van der Waals surface area contributed by atoms with Crippen LogP contribution in [0.25, 0.3) is 0 Å². The second-order valence-electron chi connectivity index (χ2n) is 1.31. The zero-order valence-corrected chi connectivity index (χ0v) is 10.6. The maximum absolute atomic E-state index is 9.19. The van der Waals surface area contributed by atoms with E-state index in [2.05, 4.69) is 8.97 Å². The normalized spacial score (nSPS) is 8.50. The van der Waals surface area contributed by atoms with Crippen molar-refractivity contribution >= 4 is 34.4 Å². The van der Waals surface area contributed by atoms with Crippen LogP contribution < -0.4 is 0 Å². The second kappa shape index (κ2) is 5.96. The van der Waals surface area contributed by atoms with E-state index in [4.69, 9.17) is 4.55 Å². The molecule has 0 aliphatic rings. The Morgan fingerprint density at radius 2 is 1.38 bits per heavy atom. The van der Waals surface area contributed by atoms with Gasteiger partial charge < -0.3 is 0 Å². The van der Waals surface area contributed by atoms with Crippen LogP contribution in [0.2, 0.25) is 8.97 Å². The van der Waals surface area contributed by atoms with Crippen molar-refractivity contribution in [2.75, 3.05) is 6.26 Å². The fourth-order valence-corrected chi connectivity index (χ4v) is 0. The van der Waals surface area contributed by atoms with Gasteiger partial charge in [-0.2, -0.15) is 8.42 Å². The minimum atomic E-state index is -3.67. The zero-order chi connectivity index (χ0) is 7.21. The molecule has 5 heteroatoms. The van der Waals surface area contributed by atoms with Crippen molar-refractivity contribution in [1.82, 2.24) is 0 Å². The van der Waals surface area contributed by atoms with Gasteiger partial charge in [0.2, 0.25) is 0 Å². The fourth-order valence-electron chi connectivity index (χ4n) is 0. The van der Waals surface area contributed by atoms with E-state index >= 15 is 0 Å². The first-order chi connectivity index (χ1) is 3.41. The van der Waals surface area contributed by atoms with Crippen LogP contribution in [0.4, 0.5) is 0 Å². The minimum absolute atomic E-state index is 0.000000000000000111. The first-order valence-electron chi connectivity index (χ1n) is 2.08. The Balaban J connectivity index is 0. The zero-order valence-electron chi connectivity index (χ0n) is 5.25. The van der Waals surface area contributed by atoms with Gasteiger partial charge in [0.05, 0.1) is 6.26 Å². The van der Waals surface area contributed by atoms with Gasteiger partial charge in [0.15, 0.2) is 0 Å². The summed E-state index contributed by atoms with van der Waals surface area (Å²) in [5, 5.41) is 0. The molecule has 0 amide bonds. The van der Waals surface area contributed by atoms with Crippen LogP contribution in [0.3, 0.4) is 0 Å². The van der Waals surface area contributed by atoms with Gasteiger partial charge in [-0.3, -0.25) is 4.55 Å². The van der Waals surface area contributed by atoms with Crippen LogP contribution >= 0.6 is 0 Å². The van der Waals surface area contributed by atoms with Crippen molar-refractivity contribution in [2.45, 2.75) is 8.97 Å². The third-order valence-corrected chi connectivity index (χ3v) is 0. The third kappa shape index (κ3) is 336. The first-order valence-corrected chi connectivity index (χ1v) is 12.9. The summed E-state index contributed by atoms with van der Waals surface area (Å²) in [5.41, 5.74) is 0. The number of hydrogen-bond donors (Lipinski definition) is 1. The molecule has 0 aliphatic carbocycles. The Morgan fingerprint density at radius 1 is 1.38 bits per heavy atom. The van der Waals surface area contributed by atoms with Crippen molar-refractivity contribution in [3.05, 3.63) is 0 Å². The van der Waals surface area contributed by atoms with E-state index in [9.17, 15) is 8.42 Å². The van der Waals surface area contributed by atoms with Crippen molar-refractivity contribution in [2.24, 2.45) is 0 Å². The molecule has 0 unspecified atom stereocenters. The molecule has 0 saturated carbocycles. The summed E-state index contributed by atoms with van der Waals surface area (Å²) in [4.78, 5) is 0. The molecule has 0 aliphatic heterocycles. The van der Waals surface area contributed by atoms with Gasteiger partial charge in [0, 0.05) is 0 Å². The van der Waals surface area contributed by atoms with Gasteiger partial charge >= 0.3 is 33.2 Å². The van der Waals surface area contributed by atoms with Gasteiger partial charge in [-0.25, -0.2) is 0 Å². The van der Waals surface area contributed by atoms with Gasteiger partial charge in [-0.05, 0) is 0 Å². The van der Waals surface area contributed by atoms with Crippen molar-refractivity contribution < 1.29 is 13.0 Å². The fraction of sp³-hybridized carbons (Fsp3) is 1.00. The molecule has 0 heterocycles. The molecule has 1 N–H and O–H groups in total. The van der Waals surface area contributed by atoms with Crippen LogP contribution in [0, 0.1) is 0 Å². The van der Waals surface area contributed by atoms with Crippen LogP contribution in [0.15, 0.2) is 0 Å². The first kappa shape index (κ1) is 11.6. The number of rotatable bonds is 0. The topological polar surface area (TPSA) is 54.4 Å². The Kier molecular flexibility index (Phi) is 8.65. The van der Waals surface area contributed by atoms with Crippen LogP contribution in [-0.4, -0.2) is 43.5 Å². The average molecular weight is 331 g/mol. The summed E-state index contributed by atoms with van der Waals surface area (Å²) >= 11 is -0.000000000000000111. The Hall–Kier alpha value is 0.832. The predicted molar refractivity (Wildman–Crippen MR) is 35.0 cm³/mol. The van der Waals surface area contributed by atoms with Gasteiger partial charge in [-0.1, -0.05) is 0 Å². The van der Waals surface area contributed by atoms with Crippen molar-refractivity contribution in [3.8, 4) is 0 Å². The molecule has 0 fully saturated rings. The van der Waals surface area contributed by atoms with Crippen LogP contribution in [0.5, 0.6) is 0 Å². The molecule has 3 nitrogen and oxygen atoms in total. The molecule has 49 valence electrons. The third-order valence-electron chi connectivity index (χ3n) is 0. The van der Waals surface area contributed by atoms with Crippen molar-refractivity contribution in [3.63, 3.8) is 0 Å². The summed E-state index contributed by atoms with van der Waals surface area (Å²) in [6.45, 7) is 0.